The van der Waals surface area contributed by atoms with E-state index in [0.717, 1.165) is 31.7 Å². The molecular weight excluding hydrogens is 366 g/mol. The van der Waals surface area contributed by atoms with Gasteiger partial charge < -0.3 is 29.7 Å². The highest BCUT2D eigenvalue weighted by Crippen LogP contribution is 2.24. The van der Waals surface area contributed by atoms with Crippen LogP contribution < -0.4 is 10.1 Å². The molecule has 0 aliphatic carbocycles. The van der Waals surface area contributed by atoms with Gasteiger partial charge in [0.05, 0.1) is 18.2 Å². The van der Waals surface area contributed by atoms with Crippen molar-refractivity contribution >= 4 is 23.5 Å². The Bertz CT molecular complexity index is 528. The largest absolute Gasteiger partial charge is 0.490 e. The summed E-state index contributed by atoms with van der Waals surface area (Å²) in [6.45, 7) is 6.33. The van der Waals surface area contributed by atoms with Gasteiger partial charge in [-0.05, 0) is 37.6 Å². The van der Waals surface area contributed by atoms with Gasteiger partial charge in [0.25, 0.3) is 0 Å². The highest BCUT2D eigenvalue weighted by atomic mass is 35.5. The lowest BCUT2D eigenvalue weighted by molar-refractivity contribution is -0.159. The zero-order valence-electron chi connectivity index (χ0n) is 15.0. The molecule has 1 aromatic carbocycles. The summed E-state index contributed by atoms with van der Waals surface area (Å²) in [5.41, 5.74) is 1.12. The second-order valence-corrected chi connectivity index (χ2v) is 5.51. The molecule has 0 spiro atoms. The van der Waals surface area contributed by atoms with Gasteiger partial charge >= 0.3 is 11.9 Å². The third-order valence-corrected chi connectivity index (χ3v) is 3.18. The number of hydrogen-bond donors (Lipinski definition) is 3. The van der Waals surface area contributed by atoms with E-state index >= 15 is 0 Å². The van der Waals surface area contributed by atoms with Crippen molar-refractivity contribution in [3.05, 3.63) is 28.8 Å². The van der Waals surface area contributed by atoms with E-state index in [9.17, 15) is 0 Å². The molecule has 0 atom stereocenters. The normalized spacial score (nSPS) is 9.96. The first-order valence-electron chi connectivity index (χ1n) is 8.01. The van der Waals surface area contributed by atoms with Crippen LogP contribution in [-0.4, -0.2) is 68.8 Å². The molecule has 0 heterocycles. The lowest BCUT2D eigenvalue weighted by atomic mass is 10.2. The molecule has 1 rings (SSSR count). The predicted molar refractivity (Wildman–Crippen MR) is 97.1 cm³/mol. The van der Waals surface area contributed by atoms with E-state index in [2.05, 4.69) is 5.32 Å². The van der Waals surface area contributed by atoms with E-state index in [0.29, 0.717) is 30.6 Å². The maximum absolute atomic E-state index is 9.10. The van der Waals surface area contributed by atoms with Crippen molar-refractivity contribution in [1.82, 2.24) is 5.32 Å². The number of carboxylic acids is 2. The van der Waals surface area contributed by atoms with Crippen molar-refractivity contribution in [2.45, 2.75) is 13.3 Å². The number of ether oxygens (including phenoxy) is 3. The molecule has 0 aliphatic rings. The van der Waals surface area contributed by atoms with Gasteiger partial charge in [0, 0.05) is 20.3 Å². The van der Waals surface area contributed by atoms with Gasteiger partial charge in [0.15, 0.2) is 0 Å². The first kappa shape index (κ1) is 24.1. The molecule has 0 bridgehead atoms. The number of aryl methyl sites for hydroxylation is 1. The first-order chi connectivity index (χ1) is 12.4. The Morgan fingerprint density at radius 3 is 2.35 bits per heavy atom. The lowest BCUT2D eigenvalue weighted by Gasteiger charge is -2.09. The minimum absolute atomic E-state index is 0.506. The molecular formula is C17H26ClNO7. The summed E-state index contributed by atoms with van der Waals surface area (Å²) in [5.74, 6) is -2.94. The van der Waals surface area contributed by atoms with Gasteiger partial charge in [-0.15, -0.1) is 0 Å². The minimum Gasteiger partial charge on any atom is -0.490 e. The number of nitrogens with one attached hydrogen (secondary N) is 1. The van der Waals surface area contributed by atoms with Gasteiger partial charge in [-0.3, -0.25) is 0 Å². The molecule has 1 aromatic rings. The predicted octanol–water partition coefficient (Wildman–Crippen LogP) is 1.83. The van der Waals surface area contributed by atoms with E-state index in [4.69, 9.17) is 45.6 Å². The molecule has 0 saturated carbocycles. The van der Waals surface area contributed by atoms with Gasteiger partial charge in [-0.1, -0.05) is 17.7 Å². The summed E-state index contributed by atoms with van der Waals surface area (Å²) in [5, 5.41) is 18.7. The molecule has 26 heavy (non-hydrogen) atoms. The summed E-state index contributed by atoms with van der Waals surface area (Å²) in [7, 11) is 1.71. The molecule has 8 nitrogen and oxygen atoms in total. The summed E-state index contributed by atoms with van der Waals surface area (Å²) in [6.07, 6.45) is 1.02. The number of carbonyl (C=O) groups is 2. The minimum atomic E-state index is -1.82. The zero-order valence-corrected chi connectivity index (χ0v) is 15.8. The van der Waals surface area contributed by atoms with Crippen LogP contribution in [-0.2, 0) is 19.1 Å². The smallest absolute Gasteiger partial charge is 0.414 e. The van der Waals surface area contributed by atoms with Crippen molar-refractivity contribution in [2.24, 2.45) is 0 Å². The Morgan fingerprint density at radius 2 is 1.77 bits per heavy atom. The molecule has 0 amide bonds. The van der Waals surface area contributed by atoms with E-state index in [1.165, 1.54) is 0 Å². The average molecular weight is 392 g/mol. The molecule has 0 aliphatic heterocycles. The Kier molecular flexibility index (Phi) is 14.3. The molecule has 0 saturated heterocycles. The van der Waals surface area contributed by atoms with E-state index in [-0.39, 0.29) is 0 Å². The second-order valence-electron chi connectivity index (χ2n) is 5.10. The average Bonchev–Trinajstić information content (AvgIpc) is 2.58. The summed E-state index contributed by atoms with van der Waals surface area (Å²) >= 11 is 6.07. The fourth-order valence-corrected chi connectivity index (χ4v) is 1.94. The van der Waals surface area contributed by atoms with E-state index < -0.39 is 11.9 Å². The Labute approximate surface area is 158 Å². The Morgan fingerprint density at radius 1 is 1.08 bits per heavy atom. The number of aliphatic carboxylic acids is 2. The maximum Gasteiger partial charge on any atom is 0.414 e. The van der Waals surface area contributed by atoms with E-state index in [1.807, 2.05) is 25.1 Å². The highest BCUT2D eigenvalue weighted by Gasteiger charge is 2.04. The van der Waals surface area contributed by atoms with Gasteiger partial charge in [0.2, 0.25) is 0 Å². The van der Waals surface area contributed by atoms with Crippen LogP contribution >= 0.6 is 11.6 Å². The SMILES string of the molecule is COCCCNCCOCCOc1ccc(C)cc1Cl.O=C(O)C(=O)O. The van der Waals surface area contributed by atoms with Crippen LogP contribution in [0.25, 0.3) is 0 Å². The second kappa shape index (κ2) is 15.4. The fourth-order valence-electron chi connectivity index (χ4n) is 1.65. The number of methoxy groups -OCH3 is 1. The number of benzene rings is 1. The van der Waals surface area contributed by atoms with Crippen molar-refractivity contribution < 1.29 is 34.0 Å². The van der Waals surface area contributed by atoms with Gasteiger partial charge in [-0.2, -0.15) is 0 Å². The summed E-state index contributed by atoms with van der Waals surface area (Å²) < 4.78 is 16.0. The van der Waals surface area contributed by atoms with Crippen LogP contribution in [0.3, 0.4) is 0 Å². The number of hydrogen-bond acceptors (Lipinski definition) is 6. The summed E-state index contributed by atoms with van der Waals surface area (Å²) in [6, 6.07) is 5.75. The van der Waals surface area contributed by atoms with Crippen molar-refractivity contribution in [1.29, 1.82) is 0 Å². The molecule has 0 unspecified atom stereocenters. The van der Waals surface area contributed by atoms with Crippen LogP contribution in [0.4, 0.5) is 0 Å². The quantitative estimate of drug-likeness (QED) is 0.386. The molecule has 148 valence electrons. The topological polar surface area (TPSA) is 114 Å². The number of halogens is 1. The van der Waals surface area contributed by atoms with Crippen LogP contribution in [0, 0.1) is 6.92 Å². The number of carboxylic acid groups (broad SMARTS) is 2. The van der Waals surface area contributed by atoms with Crippen molar-refractivity contribution in [3.8, 4) is 5.75 Å². The van der Waals surface area contributed by atoms with Gasteiger partial charge in [-0.25, -0.2) is 9.59 Å². The van der Waals surface area contributed by atoms with Crippen LogP contribution in [0.5, 0.6) is 5.75 Å². The maximum atomic E-state index is 9.10. The molecule has 0 radical (unpaired) electrons. The van der Waals surface area contributed by atoms with Crippen LogP contribution in [0.1, 0.15) is 12.0 Å². The summed E-state index contributed by atoms with van der Waals surface area (Å²) in [4.78, 5) is 18.2. The van der Waals surface area contributed by atoms with Crippen molar-refractivity contribution in [3.63, 3.8) is 0 Å². The van der Waals surface area contributed by atoms with Crippen LogP contribution in [0.15, 0.2) is 18.2 Å². The third kappa shape index (κ3) is 13.4. The molecule has 0 aromatic heterocycles. The number of rotatable bonds is 11. The monoisotopic (exact) mass is 391 g/mol. The molecule has 9 heteroatoms. The highest BCUT2D eigenvalue weighted by molar-refractivity contribution is 6.32. The van der Waals surface area contributed by atoms with Gasteiger partial charge in [0.1, 0.15) is 12.4 Å². The molecule has 0 fully saturated rings. The third-order valence-electron chi connectivity index (χ3n) is 2.88. The fraction of sp³-hybridized carbons (Fsp3) is 0.529. The molecule has 3 N–H and O–H groups in total. The first-order valence-corrected chi connectivity index (χ1v) is 8.38. The van der Waals surface area contributed by atoms with Crippen LogP contribution in [0.2, 0.25) is 5.02 Å². The Hall–Kier alpha value is -1.87. The Balaban J connectivity index is 0.000000896. The van der Waals surface area contributed by atoms with E-state index in [1.54, 1.807) is 7.11 Å². The zero-order chi connectivity index (χ0) is 19.8. The van der Waals surface area contributed by atoms with Crippen molar-refractivity contribution in [2.75, 3.05) is 46.6 Å². The lowest BCUT2D eigenvalue weighted by Crippen LogP contribution is -2.22. The standard InChI is InChI=1S/C15H24ClNO3.C2H2O4/c1-13-4-5-15(14(16)12-13)20-11-10-19-9-7-17-6-3-8-18-2;3-1(4)2(5)6/h4-5,12,17H,3,6-11H2,1-2H3;(H,3,4)(H,5,6).